The number of hydrogen-bond acceptors (Lipinski definition) is 6. The summed E-state index contributed by atoms with van der Waals surface area (Å²) in [4.78, 5) is 36.4. The van der Waals surface area contributed by atoms with Crippen molar-refractivity contribution in [1.82, 2.24) is 4.90 Å². The molecule has 2 rings (SSSR count). The smallest absolute Gasteiger partial charge is 0.341 e. The number of carboxylic acid groups (broad SMARTS) is 1. The van der Waals surface area contributed by atoms with Gasteiger partial charge < -0.3 is 14.6 Å². The first-order valence-electron chi connectivity index (χ1n) is 7.72. The Balaban J connectivity index is 2.28. The summed E-state index contributed by atoms with van der Waals surface area (Å²) in [6, 6.07) is 4.68. The largest absolute Gasteiger partial charge is 0.490 e. The minimum Gasteiger partial charge on any atom is -0.490 e. The lowest BCUT2D eigenvalue weighted by molar-refractivity contribution is -0.139. The van der Waals surface area contributed by atoms with Crippen LogP contribution in [0, 0.1) is 0 Å². The first-order valence-corrected chi connectivity index (χ1v) is 8.53. The molecule has 1 saturated heterocycles. The molecule has 7 nitrogen and oxygen atoms in total. The standard InChI is InChI=1S/C17H19NO6S/c1-4-23-13-7-11(5-6-12(13)24-9-15(19)20)8-14-16(21)18(10(2)3)17(22)25-14/h5-8,10H,4,9H2,1-3H3,(H,19,20)/b14-8-. The van der Waals surface area contributed by atoms with Crippen molar-refractivity contribution in [3.8, 4) is 11.5 Å². The second kappa shape index (κ2) is 8.06. The van der Waals surface area contributed by atoms with E-state index >= 15 is 0 Å². The number of aliphatic carboxylic acids is 1. The summed E-state index contributed by atoms with van der Waals surface area (Å²) in [7, 11) is 0. The molecule has 25 heavy (non-hydrogen) atoms. The van der Waals surface area contributed by atoms with Crippen molar-refractivity contribution in [2.24, 2.45) is 0 Å². The van der Waals surface area contributed by atoms with Crippen LogP contribution in [0.2, 0.25) is 0 Å². The fourth-order valence-corrected chi connectivity index (χ4v) is 3.18. The Morgan fingerprint density at radius 1 is 1.28 bits per heavy atom. The molecule has 0 radical (unpaired) electrons. The van der Waals surface area contributed by atoms with E-state index in [9.17, 15) is 14.4 Å². The van der Waals surface area contributed by atoms with Crippen LogP contribution < -0.4 is 9.47 Å². The maximum Gasteiger partial charge on any atom is 0.341 e. The van der Waals surface area contributed by atoms with Gasteiger partial charge in [0.2, 0.25) is 0 Å². The van der Waals surface area contributed by atoms with E-state index in [0.717, 1.165) is 11.8 Å². The first kappa shape index (κ1) is 18.9. The van der Waals surface area contributed by atoms with Crippen LogP contribution in [0.3, 0.4) is 0 Å². The molecule has 1 aliphatic rings. The number of carbonyl (C=O) groups excluding carboxylic acids is 2. The summed E-state index contributed by atoms with van der Waals surface area (Å²) in [5.74, 6) is -0.736. The molecule has 0 spiro atoms. The molecule has 0 saturated carbocycles. The summed E-state index contributed by atoms with van der Waals surface area (Å²) in [6.45, 7) is 5.24. The van der Waals surface area contributed by atoms with Gasteiger partial charge in [-0.3, -0.25) is 14.5 Å². The van der Waals surface area contributed by atoms with E-state index in [1.807, 2.05) is 0 Å². The van der Waals surface area contributed by atoms with Crippen LogP contribution in [0.25, 0.3) is 6.08 Å². The molecule has 1 N–H and O–H groups in total. The van der Waals surface area contributed by atoms with Crippen molar-refractivity contribution in [3.63, 3.8) is 0 Å². The lowest BCUT2D eigenvalue weighted by Crippen LogP contribution is -2.34. The molecule has 0 atom stereocenters. The molecule has 8 heteroatoms. The number of nitrogens with zero attached hydrogens (tertiary/aromatic N) is 1. The first-order chi connectivity index (χ1) is 11.8. The summed E-state index contributed by atoms with van der Waals surface area (Å²) in [5, 5.41) is 8.42. The number of thioether (sulfide) groups is 1. The van der Waals surface area contributed by atoms with Gasteiger partial charge in [-0.2, -0.15) is 0 Å². The predicted octanol–water partition coefficient (Wildman–Crippen LogP) is 2.99. The highest BCUT2D eigenvalue weighted by Crippen LogP contribution is 2.35. The zero-order valence-corrected chi connectivity index (χ0v) is 15.0. The molecule has 1 aliphatic heterocycles. The molecule has 1 heterocycles. The lowest BCUT2D eigenvalue weighted by atomic mass is 10.1. The van der Waals surface area contributed by atoms with Gasteiger partial charge in [-0.15, -0.1) is 0 Å². The number of carboxylic acids is 1. The van der Waals surface area contributed by atoms with E-state index in [-0.39, 0.29) is 17.2 Å². The highest BCUT2D eigenvalue weighted by molar-refractivity contribution is 8.18. The average molecular weight is 365 g/mol. The van der Waals surface area contributed by atoms with Crippen molar-refractivity contribution >= 4 is 35.0 Å². The number of ether oxygens (including phenoxy) is 2. The van der Waals surface area contributed by atoms with Gasteiger partial charge in [-0.25, -0.2) is 4.79 Å². The van der Waals surface area contributed by atoms with Gasteiger partial charge in [0.1, 0.15) is 0 Å². The molecule has 0 aromatic heterocycles. The molecule has 0 bridgehead atoms. The monoisotopic (exact) mass is 365 g/mol. The fourth-order valence-electron chi connectivity index (χ4n) is 2.22. The predicted molar refractivity (Wildman–Crippen MR) is 93.7 cm³/mol. The van der Waals surface area contributed by atoms with E-state index in [1.165, 1.54) is 4.90 Å². The molecule has 0 unspecified atom stereocenters. The Kier molecular flexibility index (Phi) is 6.08. The maximum atomic E-state index is 12.3. The minimum atomic E-state index is -1.09. The number of benzene rings is 1. The zero-order chi connectivity index (χ0) is 18.6. The maximum absolute atomic E-state index is 12.3. The highest BCUT2D eigenvalue weighted by atomic mass is 32.2. The molecular formula is C17H19NO6S. The highest BCUT2D eigenvalue weighted by Gasteiger charge is 2.36. The van der Waals surface area contributed by atoms with Crippen LogP contribution in [-0.4, -0.2) is 46.4 Å². The Bertz CT molecular complexity index is 728. The van der Waals surface area contributed by atoms with Gasteiger partial charge >= 0.3 is 5.97 Å². The normalized spacial score (nSPS) is 16.0. The van der Waals surface area contributed by atoms with E-state index in [4.69, 9.17) is 14.6 Å². The zero-order valence-electron chi connectivity index (χ0n) is 14.1. The van der Waals surface area contributed by atoms with Crippen LogP contribution >= 0.6 is 11.8 Å². The van der Waals surface area contributed by atoms with Crippen molar-refractivity contribution in [1.29, 1.82) is 0 Å². The molecule has 1 aromatic rings. The van der Waals surface area contributed by atoms with Crippen molar-refractivity contribution < 1.29 is 29.0 Å². The van der Waals surface area contributed by atoms with Crippen molar-refractivity contribution in [2.75, 3.05) is 13.2 Å². The van der Waals surface area contributed by atoms with E-state index in [2.05, 4.69) is 0 Å². The van der Waals surface area contributed by atoms with Gasteiger partial charge in [-0.1, -0.05) is 6.07 Å². The molecular weight excluding hydrogens is 346 g/mol. The van der Waals surface area contributed by atoms with Gasteiger partial charge in [0.15, 0.2) is 18.1 Å². The minimum absolute atomic E-state index is 0.204. The molecule has 1 fully saturated rings. The Hall–Kier alpha value is -2.48. The van der Waals surface area contributed by atoms with Gasteiger partial charge in [-0.05, 0) is 56.3 Å². The molecule has 0 aliphatic carbocycles. The summed E-state index contributed by atoms with van der Waals surface area (Å²) >= 11 is 0.891. The average Bonchev–Trinajstić information content (AvgIpc) is 2.80. The summed E-state index contributed by atoms with van der Waals surface area (Å²) in [6.07, 6.45) is 1.61. The van der Waals surface area contributed by atoms with Crippen molar-refractivity contribution in [2.45, 2.75) is 26.8 Å². The Morgan fingerprint density at radius 2 is 2.00 bits per heavy atom. The van der Waals surface area contributed by atoms with Gasteiger partial charge in [0, 0.05) is 6.04 Å². The topological polar surface area (TPSA) is 93.1 Å². The van der Waals surface area contributed by atoms with Crippen LogP contribution in [-0.2, 0) is 9.59 Å². The van der Waals surface area contributed by atoms with Crippen LogP contribution in [0.15, 0.2) is 23.1 Å². The summed E-state index contributed by atoms with van der Waals surface area (Å²) < 4.78 is 10.6. The van der Waals surface area contributed by atoms with Gasteiger partial charge in [0.05, 0.1) is 11.5 Å². The second-order valence-electron chi connectivity index (χ2n) is 5.47. The molecule has 1 aromatic carbocycles. The van der Waals surface area contributed by atoms with Gasteiger partial charge in [0.25, 0.3) is 11.1 Å². The molecule has 134 valence electrons. The van der Waals surface area contributed by atoms with E-state index in [0.29, 0.717) is 28.6 Å². The lowest BCUT2D eigenvalue weighted by Gasteiger charge is -2.16. The quantitative estimate of drug-likeness (QED) is 0.742. The third-order valence-corrected chi connectivity index (χ3v) is 4.14. The number of rotatable bonds is 7. The summed E-state index contributed by atoms with van der Waals surface area (Å²) in [5.41, 5.74) is 0.653. The van der Waals surface area contributed by atoms with Crippen molar-refractivity contribution in [3.05, 3.63) is 28.7 Å². The van der Waals surface area contributed by atoms with Crippen LogP contribution in [0.5, 0.6) is 11.5 Å². The van der Waals surface area contributed by atoms with Crippen LogP contribution in [0.4, 0.5) is 4.79 Å². The number of carbonyl (C=O) groups is 3. The second-order valence-corrected chi connectivity index (χ2v) is 6.46. The third-order valence-electron chi connectivity index (χ3n) is 3.26. The third kappa shape index (κ3) is 4.54. The van der Waals surface area contributed by atoms with E-state index in [1.54, 1.807) is 45.0 Å². The van der Waals surface area contributed by atoms with E-state index < -0.39 is 12.6 Å². The SMILES string of the molecule is CCOc1cc(/C=C2\SC(=O)N(C(C)C)C2=O)ccc1OCC(=O)O. The number of amides is 2. The number of hydrogen-bond donors (Lipinski definition) is 1. The Labute approximate surface area is 149 Å². The fraction of sp³-hybridized carbons (Fsp3) is 0.353. The Morgan fingerprint density at radius 3 is 2.56 bits per heavy atom. The number of imide groups is 1. The van der Waals surface area contributed by atoms with Crippen LogP contribution in [0.1, 0.15) is 26.3 Å². The molecule has 2 amide bonds.